The summed E-state index contributed by atoms with van der Waals surface area (Å²) in [6.45, 7) is 0.300. The maximum Gasteiger partial charge on any atom is 0.296 e. The van der Waals surface area contributed by atoms with Crippen LogP contribution in [0.25, 0.3) is 0 Å². The number of benzene rings is 1. The van der Waals surface area contributed by atoms with Crippen LogP contribution < -0.4 is 4.74 Å². The van der Waals surface area contributed by atoms with E-state index in [0.29, 0.717) is 18.3 Å². The van der Waals surface area contributed by atoms with Crippen molar-refractivity contribution >= 4 is 10.1 Å². The number of rotatable bonds is 5. The summed E-state index contributed by atoms with van der Waals surface area (Å²) < 4.78 is 33.6. The molecule has 2 rings (SSSR count). The molecule has 94 valence electrons. The molecule has 1 aromatic rings. The summed E-state index contributed by atoms with van der Waals surface area (Å²) in [5.74, 6) is 1.03. The first-order valence-electron chi connectivity index (χ1n) is 5.65. The first-order valence-corrected chi connectivity index (χ1v) is 7.06. The lowest BCUT2D eigenvalue weighted by Gasteiger charge is -2.24. The molecule has 0 aromatic heterocycles. The molecule has 4 nitrogen and oxygen atoms in total. The third-order valence-electron chi connectivity index (χ3n) is 3.03. The maximum atomic E-state index is 11.8. The second-order valence-corrected chi connectivity index (χ2v) is 5.83. The van der Waals surface area contributed by atoms with Gasteiger partial charge in [-0.1, -0.05) is 6.42 Å². The van der Waals surface area contributed by atoms with E-state index in [-0.39, 0.29) is 4.90 Å². The average Bonchev–Trinajstić information content (AvgIpc) is 2.27. The van der Waals surface area contributed by atoms with Crippen molar-refractivity contribution in [3.63, 3.8) is 0 Å². The van der Waals surface area contributed by atoms with E-state index in [9.17, 15) is 8.42 Å². The maximum absolute atomic E-state index is 11.8. The molecule has 0 unspecified atom stereocenters. The summed E-state index contributed by atoms with van der Waals surface area (Å²) >= 11 is 0. The highest BCUT2D eigenvalue weighted by Crippen LogP contribution is 2.27. The Morgan fingerprint density at radius 3 is 2.35 bits per heavy atom. The largest absolute Gasteiger partial charge is 0.497 e. The van der Waals surface area contributed by atoms with Gasteiger partial charge in [0, 0.05) is 0 Å². The van der Waals surface area contributed by atoms with Crippen LogP contribution in [0.5, 0.6) is 5.75 Å². The van der Waals surface area contributed by atoms with Crippen LogP contribution in [0.1, 0.15) is 19.3 Å². The van der Waals surface area contributed by atoms with E-state index in [1.54, 1.807) is 12.1 Å². The summed E-state index contributed by atoms with van der Waals surface area (Å²) in [5.41, 5.74) is 0. The zero-order valence-electron chi connectivity index (χ0n) is 9.76. The van der Waals surface area contributed by atoms with Crippen molar-refractivity contribution in [3.8, 4) is 5.75 Å². The van der Waals surface area contributed by atoms with Gasteiger partial charge >= 0.3 is 0 Å². The van der Waals surface area contributed by atoms with Crippen molar-refractivity contribution in [2.45, 2.75) is 24.2 Å². The van der Waals surface area contributed by atoms with Gasteiger partial charge in [-0.05, 0) is 43.0 Å². The Labute approximate surface area is 102 Å². The summed E-state index contributed by atoms with van der Waals surface area (Å²) in [6.07, 6.45) is 3.31. The summed E-state index contributed by atoms with van der Waals surface area (Å²) in [6, 6.07) is 6.21. The van der Waals surface area contributed by atoms with Crippen molar-refractivity contribution in [3.05, 3.63) is 24.3 Å². The molecule has 1 fully saturated rings. The molecular formula is C12H16O4S. The molecular weight excluding hydrogens is 240 g/mol. The Balaban J connectivity index is 2.02. The van der Waals surface area contributed by atoms with E-state index < -0.39 is 10.1 Å². The molecule has 0 aliphatic heterocycles. The standard InChI is InChI=1S/C12H16O4S/c1-15-11-5-7-12(8-6-11)17(13,14)16-9-10-3-2-4-10/h5-8,10H,2-4,9H2,1H3. The monoisotopic (exact) mass is 256 g/mol. The number of hydrogen-bond donors (Lipinski definition) is 0. The SMILES string of the molecule is COc1ccc(S(=O)(=O)OCC2CCC2)cc1. The Morgan fingerprint density at radius 1 is 1.24 bits per heavy atom. The van der Waals surface area contributed by atoms with Gasteiger partial charge in [-0.25, -0.2) is 0 Å². The van der Waals surface area contributed by atoms with Gasteiger partial charge in [0.05, 0.1) is 18.6 Å². The van der Waals surface area contributed by atoms with E-state index in [0.717, 1.165) is 12.8 Å². The smallest absolute Gasteiger partial charge is 0.296 e. The van der Waals surface area contributed by atoms with Crippen molar-refractivity contribution < 1.29 is 17.3 Å². The van der Waals surface area contributed by atoms with Crippen LogP contribution in [-0.4, -0.2) is 22.1 Å². The topological polar surface area (TPSA) is 52.6 Å². The van der Waals surface area contributed by atoms with Gasteiger partial charge in [-0.3, -0.25) is 4.18 Å². The highest BCUT2D eigenvalue weighted by molar-refractivity contribution is 7.86. The Kier molecular flexibility index (Phi) is 3.69. The molecule has 0 spiro atoms. The van der Waals surface area contributed by atoms with Gasteiger partial charge in [0.25, 0.3) is 10.1 Å². The molecule has 0 amide bonds. The zero-order chi connectivity index (χ0) is 12.3. The van der Waals surface area contributed by atoms with Gasteiger partial charge in [0.15, 0.2) is 0 Å². The Hall–Kier alpha value is -1.07. The lowest BCUT2D eigenvalue weighted by Crippen LogP contribution is -2.20. The first kappa shape index (κ1) is 12.4. The Bertz CT molecular complexity index is 460. The van der Waals surface area contributed by atoms with Gasteiger partial charge in [-0.2, -0.15) is 8.42 Å². The predicted molar refractivity (Wildman–Crippen MR) is 63.5 cm³/mol. The van der Waals surface area contributed by atoms with Crippen LogP contribution in [0, 0.1) is 5.92 Å². The number of hydrogen-bond acceptors (Lipinski definition) is 4. The molecule has 1 aliphatic carbocycles. The molecule has 0 bridgehead atoms. The number of methoxy groups -OCH3 is 1. The van der Waals surface area contributed by atoms with Gasteiger partial charge in [0.2, 0.25) is 0 Å². The minimum absolute atomic E-state index is 0.178. The summed E-state index contributed by atoms with van der Waals surface area (Å²) in [7, 11) is -2.07. The molecule has 17 heavy (non-hydrogen) atoms. The quantitative estimate of drug-likeness (QED) is 0.758. The molecule has 1 aliphatic rings. The molecule has 1 aromatic carbocycles. The zero-order valence-corrected chi connectivity index (χ0v) is 10.6. The summed E-state index contributed by atoms with van der Waals surface area (Å²) in [5, 5.41) is 0. The summed E-state index contributed by atoms with van der Waals surface area (Å²) in [4.78, 5) is 0.178. The average molecular weight is 256 g/mol. The van der Waals surface area contributed by atoms with Crippen LogP contribution in [0.2, 0.25) is 0 Å². The van der Waals surface area contributed by atoms with Crippen LogP contribution in [0.4, 0.5) is 0 Å². The molecule has 0 N–H and O–H groups in total. The molecule has 0 atom stereocenters. The van der Waals surface area contributed by atoms with Crippen LogP contribution in [0.15, 0.2) is 29.2 Å². The second kappa shape index (κ2) is 5.06. The lowest BCUT2D eigenvalue weighted by atomic mass is 9.86. The molecule has 0 heterocycles. The third-order valence-corrected chi connectivity index (χ3v) is 4.33. The minimum Gasteiger partial charge on any atom is -0.497 e. The van der Waals surface area contributed by atoms with Crippen LogP contribution >= 0.6 is 0 Å². The fourth-order valence-electron chi connectivity index (χ4n) is 1.66. The molecule has 0 saturated heterocycles. The van der Waals surface area contributed by atoms with Crippen LogP contribution in [-0.2, 0) is 14.3 Å². The van der Waals surface area contributed by atoms with E-state index in [1.165, 1.54) is 25.7 Å². The van der Waals surface area contributed by atoms with Crippen molar-refractivity contribution in [1.82, 2.24) is 0 Å². The minimum atomic E-state index is -3.61. The van der Waals surface area contributed by atoms with E-state index in [1.807, 2.05) is 0 Å². The van der Waals surface area contributed by atoms with Crippen molar-refractivity contribution in [2.24, 2.45) is 5.92 Å². The van der Waals surface area contributed by atoms with Gasteiger partial charge in [-0.15, -0.1) is 0 Å². The molecule has 1 saturated carbocycles. The van der Waals surface area contributed by atoms with Crippen molar-refractivity contribution in [2.75, 3.05) is 13.7 Å². The van der Waals surface area contributed by atoms with E-state index in [4.69, 9.17) is 8.92 Å². The predicted octanol–water partition coefficient (Wildman–Crippen LogP) is 2.20. The first-order chi connectivity index (χ1) is 8.12. The highest BCUT2D eigenvalue weighted by atomic mass is 32.2. The normalized spacial score (nSPS) is 16.5. The van der Waals surface area contributed by atoms with Crippen LogP contribution in [0.3, 0.4) is 0 Å². The fraction of sp³-hybridized carbons (Fsp3) is 0.500. The van der Waals surface area contributed by atoms with Gasteiger partial charge < -0.3 is 4.74 Å². The molecule has 5 heteroatoms. The Morgan fingerprint density at radius 2 is 1.88 bits per heavy atom. The highest BCUT2D eigenvalue weighted by Gasteiger charge is 2.22. The molecule has 0 radical (unpaired) electrons. The van der Waals surface area contributed by atoms with E-state index >= 15 is 0 Å². The lowest BCUT2D eigenvalue weighted by molar-refractivity contribution is 0.185. The fourth-order valence-corrected chi connectivity index (χ4v) is 2.63. The second-order valence-electron chi connectivity index (χ2n) is 4.21. The van der Waals surface area contributed by atoms with E-state index in [2.05, 4.69) is 0 Å². The van der Waals surface area contributed by atoms with Crippen molar-refractivity contribution in [1.29, 1.82) is 0 Å². The third kappa shape index (κ3) is 2.98. The number of ether oxygens (including phenoxy) is 1. The van der Waals surface area contributed by atoms with Gasteiger partial charge in [0.1, 0.15) is 5.75 Å².